The Morgan fingerprint density at radius 1 is 1.08 bits per heavy atom. The first-order chi connectivity index (χ1) is 12.6. The Hall–Kier alpha value is -3.28. The van der Waals surface area contributed by atoms with Crippen LogP contribution in [0.5, 0.6) is 5.75 Å². The predicted molar refractivity (Wildman–Crippen MR) is 96.3 cm³/mol. The van der Waals surface area contributed by atoms with Crippen molar-refractivity contribution in [3.63, 3.8) is 0 Å². The number of carbonyl (C=O) groups excluding carboxylic acids is 2. The van der Waals surface area contributed by atoms with Gasteiger partial charge in [0.25, 0.3) is 0 Å². The zero-order valence-electron chi connectivity index (χ0n) is 14.6. The molecule has 2 aromatic rings. The summed E-state index contributed by atoms with van der Waals surface area (Å²) < 4.78 is 10.6. The minimum atomic E-state index is -0.570. The van der Waals surface area contributed by atoms with Crippen LogP contribution in [0.15, 0.2) is 65.9 Å². The van der Waals surface area contributed by atoms with E-state index in [4.69, 9.17) is 9.47 Å². The number of amides is 2. The van der Waals surface area contributed by atoms with Gasteiger partial charge >= 0.3 is 12.0 Å². The van der Waals surface area contributed by atoms with Crippen molar-refractivity contribution >= 4 is 12.0 Å². The molecule has 26 heavy (non-hydrogen) atoms. The standard InChI is InChI=1S/C20H20N2O4/c1-13-17(19(23)25-2)18(22-20(24)21-13)15-8-10-16(11-9-15)26-12-14-6-4-3-5-7-14/h3-11,18H,12H2,1-2H3,(H2,21,22,24)/t18-/m0/s1. The summed E-state index contributed by atoms with van der Waals surface area (Å²) in [6.07, 6.45) is 0. The van der Waals surface area contributed by atoms with Crippen LogP contribution in [0, 0.1) is 0 Å². The fourth-order valence-corrected chi connectivity index (χ4v) is 2.82. The van der Waals surface area contributed by atoms with Crippen molar-refractivity contribution in [1.82, 2.24) is 10.6 Å². The van der Waals surface area contributed by atoms with Crippen LogP contribution in [0.3, 0.4) is 0 Å². The van der Waals surface area contributed by atoms with Crippen molar-refractivity contribution in [3.05, 3.63) is 77.0 Å². The van der Waals surface area contributed by atoms with Gasteiger partial charge in [-0.3, -0.25) is 0 Å². The number of ether oxygens (including phenoxy) is 2. The molecule has 0 aromatic heterocycles. The maximum atomic E-state index is 12.1. The van der Waals surface area contributed by atoms with Gasteiger partial charge in [0.15, 0.2) is 0 Å². The molecule has 1 aliphatic rings. The van der Waals surface area contributed by atoms with Gasteiger partial charge in [-0.1, -0.05) is 42.5 Å². The van der Waals surface area contributed by atoms with E-state index in [0.29, 0.717) is 23.6 Å². The Balaban J connectivity index is 1.77. The van der Waals surface area contributed by atoms with Crippen molar-refractivity contribution < 1.29 is 19.1 Å². The smallest absolute Gasteiger partial charge is 0.337 e. The van der Waals surface area contributed by atoms with Gasteiger partial charge in [0.1, 0.15) is 12.4 Å². The first-order valence-electron chi connectivity index (χ1n) is 8.22. The van der Waals surface area contributed by atoms with Gasteiger partial charge in [-0.15, -0.1) is 0 Å². The first-order valence-corrected chi connectivity index (χ1v) is 8.22. The highest BCUT2D eigenvalue weighted by molar-refractivity contribution is 5.94. The average Bonchev–Trinajstić information content (AvgIpc) is 2.66. The second-order valence-electron chi connectivity index (χ2n) is 5.91. The molecule has 1 atom stereocenters. The highest BCUT2D eigenvalue weighted by atomic mass is 16.5. The summed E-state index contributed by atoms with van der Waals surface area (Å²) in [5.41, 5.74) is 2.71. The topological polar surface area (TPSA) is 76.7 Å². The lowest BCUT2D eigenvalue weighted by Crippen LogP contribution is -2.45. The van der Waals surface area contributed by atoms with Crippen LogP contribution < -0.4 is 15.4 Å². The Morgan fingerprint density at radius 3 is 2.42 bits per heavy atom. The molecule has 0 spiro atoms. The van der Waals surface area contributed by atoms with Gasteiger partial charge in [-0.2, -0.15) is 0 Å². The molecule has 2 amide bonds. The van der Waals surface area contributed by atoms with Gasteiger partial charge < -0.3 is 20.1 Å². The summed E-state index contributed by atoms with van der Waals surface area (Å²) in [5.74, 6) is 0.225. The van der Waals surface area contributed by atoms with E-state index in [2.05, 4.69) is 10.6 Å². The molecule has 0 radical (unpaired) electrons. The number of hydrogen-bond donors (Lipinski definition) is 2. The molecule has 0 bridgehead atoms. The third kappa shape index (κ3) is 3.85. The molecule has 134 valence electrons. The summed E-state index contributed by atoms with van der Waals surface area (Å²) in [5, 5.41) is 5.35. The molecule has 1 aliphatic heterocycles. The number of benzene rings is 2. The Labute approximate surface area is 151 Å². The molecule has 0 saturated carbocycles. The summed E-state index contributed by atoms with van der Waals surface area (Å²) in [6.45, 7) is 2.14. The molecule has 2 aromatic carbocycles. The van der Waals surface area contributed by atoms with Gasteiger partial charge in [0.05, 0.1) is 18.7 Å². The predicted octanol–water partition coefficient (Wildman–Crippen LogP) is 3.07. The SMILES string of the molecule is COC(=O)C1=C(C)NC(=O)N[C@H]1c1ccc(OCc2ccccc2)cc1. The van der Waals surface area contributed by atoms with Crippen molar-refractivity contribution in [2.45, 2.75) is 19.6 Å². The number of methoxy groups -OCH3 is 1. The van der Waals surface area contributed by atoms with Crippen LogP contribution >= 0.6 is 0 Å². The van der Waals surface area contributed by atoms with Gasteiger partial charge in [-0.25, -0.2) is 9.59 Å². The monoisotopic (exact) mass is 352 g/mol. The second kappa shape index (κ2) is 7.74. The summed E-state index contributed by atoms with van der Waals surface area (Å²) in [6, 6.07) is 16.2. The maximum Gasteiger partial charge on any atom is 0.337 e. The maximum absolute atomic E-state index is 12.1. The second-order valence-corrected chi connectivity index (χ2v) is 5.91. The molecule has 0 unspecified atom stereocenters. The number of hydrogen-bond acceptors (Lipinski definition) is 4. The van der Waals surface area contributed by atoms with Crippen molar-refractivity contribution in [2.24, 2.45) is 0 Å². The molecule has 0 saturated heterocycles. The Kier molecular flexibility index (Phi) is 5.22. The van der Waals surface area contributed by atoms with E-state index in [1.807, 2.05) is 54.6 Å². The van der Waals surface area contributed by atoms with Crippen molar-refractivity contribution in [3.8, 4) is 5.75 Å². The van der Waals surface area contributed by atoms with E-state index in [-0.39, 0.29) is 6.03 Å². The van der Waals surface area contributed by atoms with Crippen LogP contribution in [-0.2, 0) is 16.1 Å². The largest absolute Gasteiger partial charge is 0.489 e. The summed E-state index contributed by atoms with van der Waals surface area (Å²) >= 11 is 0. The summed E-state index contributed by atoms with van der Waals surface area (Å²) in [7, 11) is 1.32. The zero-order chi connectivity index (χ0) is 18.5. The van der Waals surface area contributed by atoms with Crippen LogP contribution in [0.2, 0.25) is 0 Å². The molecular weight excluding hydrogens is 332 g/mol. The van der Waals surface area contributed by atoms with E-state index >= 15 is 0 Å². The average molecular weight is 352 g/mol. The van der Waals surface area contributed by atoms with E-state index < -0.39 is 12.0 Å². The van der Waals surface area contributed by atoms with Crippen LogP contribution in [0.4, 0.5) is 4.79 Å². The number of allylic oxidation sites excluding steroid dienone is 1. The van der Waals surface area contributed by atoms with Crippen LogP contribution in [0.25, 0.3) is 0 Å². The number of carbonyl (C=O) groups is 2. The summed E-state index contributed by atoms with van der Waals surface area (Å²) in [4.78, 5) is 23.9. The lowest BCUT2D eigenvalue weighted by molar-refractivity contribution is -0.136. The zero-order valence-corrected chi connectivity index (χ0v) is 14.6. The number of esters is 1. The molecule has 2 N–H and O–H groups in total. The van der Waals surface area contributed by atoms with Gasteiger partial charge in [0.2, 0.25) is 0 Å². The van der Waals surface area contributed by atoms with Crippen LogP contribution in [-0.4, -0.2) is 19.1 Å². The molecule has 0 fully saturated rings. The minimum Gasteiger partial charge on any atom is -0.489 e. The van der Waals surface area contributed by atoms with E-state index in [1.54, 1.807) is 6.92 Å². The van der Waals surface area contributed by atoms with Crippen molar-refractivity contribution in [2.75, 3.05) is 7.11 Å². The fraction of sp³-hybridized carbons (Fsp3) is 0.200. The third-order valence-electron chi connectivity index (χ3n) is 4.14. The third-order valence-corrected chi connectivity index (χ3v) is 4.14. The molecule has 0 aliphatic carbocycles. The van der Waals surface area contributed by atoms with E-state index in [1.165, 1.54) is 7.11 Å². The molecule has 1 heterocycles. The number of urea groups is 1. The highest BCUT2D eigenvalue weighted by Crippen LogP contribution is 2.28. The van der Waals surface area contributed by atoms with Crippen molar-refractivity contribution in [1.29, 1.82) is 0 Å². The normalized spacial score (nSPS) is 16.5. The number of nitrogens with one attached hydrogen (secondary N) is 2. The highest BCUT2D eigenvalue weighted by Gasteiger charge is 2.31. The number of rotatable bonds is 5. The Morgan fingerprint density at radius 2 is 1.77 bits per heavy atom. The minimum absolute atomic E-state index is 0.357. The lowest BCUT2D eigenvalue weighted by atomic mass is 9.95. The molecule has 6 nitrogen and oxygen atoms in total. The quantitative estimate of drug-likeness (QED) is 0.811. The molecular formula is C20H20N2O4. The van der Waals surface area contributed by atoms with Gasteiger partial charge in [0, 0.05) is 5.70 Å². The fourth-order valence-electron chi connectivity index (χ4n) is 2.82. The first kappa shape index (κ1) is 17.5. The van der Waals surface area contributed by atoms with Gasteiger partial charge in [-0.05, 0) is 30.2 Å². The van der Waals surface area contributed by atoms with E-state index in [0.717, 1.165) is 11.1 Å². The lowest BCUT2D eigenvalue weighted by Gasteiger charge is -2.27. The van der Waals surface area contributed by atoms with E-state index in [9.17, 15) is 9.59 Å². The Bertz CT molecular complexity index is 829. The van der Waals surface area contributed by atoms with Crippen LogP contribution in [0.1, 0.15) is 24.1 Å². The molecule has 3 rings (SSSR count). The molecule has 6 heteroatoms.